The Hall–Kier alpha value is -1.07. The molecule has 1 fully saturated rings. The molecule has 0 aromatic heterocycles. The van der Waals surface area contributed by atoms with E-state index in [1.807, 2.05) is 46.8 Å². The molecule has 112 valence electrons. The molecule has 1 aliphatic heterocycles. The first-order chi connectivity index (χ1) is 8.84. The first-order valence-electron chi connectivity index (χ1n) is 6.73. The first-order valence-corrected chi connectivity index (χ1v) is 6.73. The highest BCUT2D eigenvalue weighted by atomic mass is 16.6. The summed E-state index contributed by atoms with van der Waals surface area (Å²) in [6.45, 7) is 11.4. The highest BCUT2D eigenvalue weighted by Gasteiger charge is 2.26. The molecule has 1 rings (SSSR count). The van der Waals surface area contributed by atoms with Gasteiger partial charge in [-0.2, -0.15) is 0 Å². The molecule has 0 aromatic rings. The van der Waals surface area contributed by atoms with E-state index in [2.05, 4.69) is 5.32 Å². The molecule has 1 amide bonds. The lowest BCUT2D eigenvalue weighted by Gasteiger charge is -2.34. The third-order valence-corrected chi connectivity index (χ3v) is 2.46. The van der Waals surface area contributed by atoms with Crippen molar-refractivity contribution in [3.8, 4) is 0 Å². The lowest BCUT2D eigenvalue weighted by atomic mass is 10.2. The molecule has 1 heterocycles. The van der Waals surface area contributed by atoms with Crippen molar-refractivity contribution in [3.05, 3.63) is 12.2 Å². The summed E-state index contributed by atoms with van der Waals surface area (Å²) in [7, 11) is 0. The molecular formula is C14H28N2O3. The Bertz CT molecular complexity index is 281. The molecule has 2 N–H and O–H groups in total. The fourth-order valence-corrected chi connectivity index (χ4v) is 1.44. The number of carbonyl (C=O) groups excluding carboxylic acids is 1. The molecule has 0 aliphatic carbocycles. The van der Waals surface area contributed by atoms with E-state index in [4.69, 9.17) is 9.84 Å². The minimum atomic E-state index is -0.462. The molecule has 0 saturated carbocycles. The largest absolute Gasteiger partial charge is 0.444 e. The maximum atomic E-state index is 11.7. The molecule has 1 atom stereocenters. The Morgan fingerprint density at radius 1 is 1.42 bits per heavy atom. The molecule has 1 unspecified atom stereocenters. The van der Waals surface area contributed by atoms with Crippen LogP contribution in [0, 0.1) is 0 Å². The van der Waals surface area contributed by atoms with Crippen LogP contribution in [-0.2, 0) is 4.74 Å². The summed E-state index contributed by atoms with van der Waals surface area (Å²) < 4.78 is 5.25. The Kier molecular flexibility index (Phi) is 8.43. The fraction of sp³-hybridized carbons (Fsp3) is 0.786. The number of carbonyl (C=O) groups is 1. The van der Waals surface area contributed by atoms with Gasteiger partial charge in [-0.3, -0.25) is 0 Å². The van der Waals surface area contributed by atoms with Crippen molar-refractivity contribution in [2.24, 2.45) is 0 Å². The summed E-state index contributed by atoms with van der Waals surface area (Å²) in [6.07, 6.45) is 3.70. The minimum Gasteiger partial charge on any atom is -0.444 e. The van der Waals surface area contributed by atoms with Crippen LogP contribution < -0.4 is 5.32 Å². The maximum Gasteiger partial charge on any atom is 0.410 e. The number of nitrogens with zero attached hydrogens (tertiary/aromatic N) is 1. The third-order valence-electron chi connectivity index (χ3n) is 2.46. The normalized spacial score (nSPS) is 19.9. The van der Waals surface area contributed by atoms with Gasteiger partial charge in [-0.25, -0.2) is 4.79 Å². The predicted octanol–water partition coefficient (Wildman–Crippen LogP) is 1.77. The third kappa shape index (κ3) is 8.61. The van der Waals surface area contributed by atoms with Gasteiger partial charge in [0.1, 0.15) is 5.60 Å². The summed E-state index contributed by atoms with van der Waals surface area (Å²) >= 11 is 0. The van der Waals surface area contributed by atoms with Crippen LogP contribution in [-0.4, -0.2) is 54.0 Å². The van der Waals surface area contributed by atoms with Gasteiger partial charge in [0.15, 0.2) is 0 Å². The lowest BCUT2D eigenvalue weighted by Crippen LogP contribution is -2.54. The van der Waals surface area contributed by atoms with Crippen LogP contribution in [0.2, 0.25) is 0 Å². The van der Waals surface area contributed by atoms with Crippen LogP contribution in [0.5, 0.6) is 0 Å². The van der Waals surface area contributed by atoms with Gasteiger partial charge in [-0.05, 0) is 34.6 Å². The number of ether oxygens (including phenoxy) is 1. The van der Waals surface area contributed by atoms with Crippen LogP contribution in [0.4, 0.5) is 4.79 Å². The second-order valence-electron chi connectivity index (χ2n) is 5.43. The second kappa shape index (κ2) is 8.93. The average Bonchev–Trinajstić information content (AvgIpc) is 2.37. The van der Waals surface area contributed by atoms with E-state index < -0.39 is 5.60 Å². The smallest absolute Gasteiger partial charge is 0.410 e. The number of allylic oxidation sites excluding steroid dienone is 2. The van der Waals surface area contributed by atoms with Gasteiger partial charge in [0, 0.05) is 25.7 Å². The molecule has 1 aliphatic rings. The summed E-state index contributed by atoms with van der Waals surface area (Å²) in [5, 5.41) is 12.1. The number of hydrogen-bond donors (Lipinski definition) is 2. The molecule has 0 radical (unpaired) electrons. The lowest BCUT2D eigenvalue weighted by molar-refractivity contribution is 0.0173. The minimum absolute atomic E-state index is 0.0359. The molecule has 5 nitrogen and oxygen atoms in total. The van der Waals surface area contributed by atoms with Crippen LogP contribution in [0.15, 0.2) is 12.2 Å². The SMILES string of the molecule is C/C=C\C.CC(C)(C)OC(=O)N1CCNC(CO)C1. The molecule has 1 saturated heterocycles. The van der Waals surface area contributed by atoms with E-state index in [0.29, 0.717) is 19.6 Å². The average molecular weight is 272 g/mol. The van der Waals surface area contributed by atoms with Gasteiger partial charge < -0.3 is 20.1 Å². The number of amides is 1. The van der Waals surface area contributed by atoms with E-state index >= 15 is 0 Å². The van der Waals surface area contributed by atoms with Gasteiger partial charge in [0.25, 0.3) is 0 Å². The number of aliphatic hydroxyl groups excluding tert-OH is 1. The second-order valence-corrected chi connectivity index (χ2v) is 5.43. The van der Waals surface area contributed by atoms with Crippen molar-refractivity contribution in [1.29, 1.82) is 0 Å². The Morgan fingerprint density at radius 3 is 2.42 bits per heavy atom. The van der Waals surface area contributed by atoms with Crippen molar-refractivity contribution >= 4 is 6.09 Å². The number of nitrogens with one attached hydrogen (secondary N) is 1. The van der Waals surface area contributed by atoms with Crippen molar-refractivity contribution in [2.75, 3.05) is 26.2 Å². The van der Waals surface area contributed by atoms with Crippen LogP contribution >= 0.6 is 0 Å². The zero-order chi connectivity index (χ0) is 14.9. The molecule has 19 heavy (non-hydrogen) atoms. The predicted molar refractivity (Wildman–Crippen MR) is 77.2 cm³/mol. The summed E-state index contributed by atoms with van der Waals surface area (Å²) in [5.74, 6) is 0. The van der Waals surface area contributed by atoms with E-state index in [1.54, 1.807) is 4.90 Å². The van der Waals surface area contributed by atoms with Crippen LogP contribution in [0.25, 0.3) is 0 Å². The van der Waals surface area contributed by atoms with Gasteiger partial charge in [-0.15, -0.1) is 0 Å². The zero-order valence-electron chi connectivity index (χ0n) is 12.8. The van der Waals surface area contributed by atoms with E-state index in [0.717, 1.165) is 0 Å². The Balaban J connectivity index is 0.000000711. The van der Waals surface area contributed by atoms with Gasteiger partial charge in [0.05, 0.1) is 6.61 Å². The number of aliphatic hydroxyl groups is 1. The van der Waals surface area contributed by atoms with E-state index in [-0.39, 0.29) is 18.7 Å². The molecule has 5 heteroatoms. The number of rotatable bonds is 1. The van der Waals surface area contributed by atoms with E-state index in [1.165, 1.54) is 0 Å². The Morgan fingerprint density at radius 2 is 2.00 bits per heavy atom. The van der Waals surface area contributed by atoms with Crippen molar-refractivity contribution in [1.82, 2.24) is 10.2 Å². The Labute approximate surface area is 116 Å². The quantitative estimate of drug-likeness (QED) is 0.714. The highest BCUT2D eigenvalue weighted by Crippen LogP contribution is 2.11. The van der Waals surface area contributed by atoms with Crippen molar-refractivity contribution in [3.63, 3.8) is 0 Å². The monoisotopic (exact) mass is 272 g/mol. The standard InChI is InChI=1S/C10H20N2O3.C4H8/c1-10(2,3)15-9(14)12-5-4-11-8(6-12)7-13;1-3-4-2/h8,11,13H,4-7H2,1-3H3;3-4H,1-2H3/b;4-3-. The summed E-state index contributed by atoms with van der Waals surface area (Å²) in [6, 6.07) is -0.0359. The zero-order valence-corrected chi connectivity index (χ0v) is 12.8. The van der Waals surface area contributed by atoms with Gasteiger partial charge in [0.2, 0.25) is 0 Å². The highest BCUT2D eigenvalue weighted by molar-refractivity contribution is 5.68. The van der Waals surface area contributed by atoms with Crippen molar-refractivity contribution < 1.29 is 14.6 Å². The molecule has 0 aromatic carbocycles. The topological polar surface area (TPSA) is 61.8 Å². The molecule has 0 spiro atoms. The van der Waals surface area contributed by atoms with Gasteiger partial charge in [-0.1, -0.05) is 12.2 Å². The van der Waals surface area contributed by atoms with Crippen molar-refractivity contribution in [2.45, 2.75) is 46.3 Å². The first kappa shape index (κ1) is 17.9. The van der Waals surface area contributed by atoms with Crippen LogP contribution in [0.3, 0.4) is 0 Å². The van der Waals surface area contributed by atoms with Gasteiger partial charge >= 0.3 is 6.09 Å². The number of hydrogen-bond acceptors (Lipinski definition) is 4. The van der Waals surface area contributed by atoms with Crippen LogP contribution in [0.1, 0.15) is 34.6 Å². The summed E-state index contributed by atoms with van der Waals surface area (Å²) in [4.78, 5) is 13.3. The van der Waals surface area contributed by atoms with E-state index in [9.17, 15) is 4.79 Å². The maximum absolute atomic E-state index is 11.7. The fourth-order valence-electron chi connectivity index (χ4n) is 1.44. The molecular weight excluding hydrogens is 244 g/mol. The molecule has 0 bridgehead atoms. The summed E-state index contributed by atoms with van der Waals surface area (Å²) in [5.41, 5.74) is -0.462. The number of piperazine rings is 1.